The molecule has 5 heteroatoms. The van der Waals surface area contributed by atoms with E-state index in [-0.39, 0.29) is 0 Å². The van der Waals surface area contributed by atoms with Crippen molar-refractivity contribution >= 4 is 34.2 Å². The van der Waals surface area contributed by atoms with Crippen molar-refractivity contribution < 1.29 is 9.53 Å². The third kappa shape index (κ3) is 3.26. The molecule has 90 valence electrons. The van der Waals surface area contributed by atoms with Crippen molar-refractivity contribution in [1.82, 2.24) is 0 Å². The van der Waals surface area contributed by atoms with E-state index in [1.807, 2.05) is 12.1 Å². The summed E-state index contributed by atoms with van der Waals surface area (Å²) in [6, 6.07) is 5.48. The Morgan fingerprint density at radius 1 is 1.59 bits per heavy atom. The zero-order chi connectivity index (χ0) is 12.1. The van der Waals surface area contributed by atoms with Crippen LogP contribution in [0.1, 0.15) is 15.9 Å². The monoisotopic (exact) mass is 267 g/mol. The van der Waals surface area contributed by atoms with Crippen molar-refractivity contribution in [2.45, 2.75) is 5.75 Å². The highest BCUT2D eigenvalue weighted by atomic mass is 32.2. The molecule has 2 rings (SSSR count). The van der Waals surface area contributed by atoms with Gasteiger partial charge >= 0.3 is 0 Å². The maximum Gasteiger partial charge on any atom is 0.150 e. The van der Waals surface area contributed by atoms with Gasteiger partial charge in [-0.2, -0.15) is 0 Å². The van der Waals surface area contributed by atoms with E-state index in [2.05, 4.69) is 4.99 Å². The number of hydrogen-bond acceptors (Lipinski definition) is 5. The first kappa shape index (κ1) is 12.5. The average molecular weight is 267 g/mol. The molecule has 0 saturated carbocycles. The van der Waals surface area contributed by atoms with Crippen LogP contribution in [0.3, 0.4) is 0 Å². The summed E-state index contributed by atoms with van der Waals surface area (Å²) in [5.74, 6) is 2.69. The van der Waals surface area contributed by atoms with Crippen molar-refractivity contribution in [2.75, 3.05) is 19.4 Å². The van der Waals surface area contributed by atoms with Gasteiger partial charge in [-0.3, -0.25) is 9.79 Å². The van der Waals surface area contributed by atoms with Crippen molar-refractivity contribution in [3.05, 3.63) is 29.3 Å². The van der Waals surface area contributed by atoms with Gasteiger partial charge < -0.3 is 4.74 Å². The zero-order valence-corrected chi connectivity index (χ0v) is 11.1. The number of nitrogens with zero attached hydrogens (tertiary/aromatic N) is 1. The molecule has 1 aromatic rings. The Morgan fingerprint density at radius 3 is 3.12 bits per heavy atom. The molecule has 1 aromatic carbocycles. The normalized spacial score (nSPS) is 14.5. The molecule has 0 bridgehead atoms. The molecule has 0 radical (unpaired) electrons. The minimum absolute atomic E-state index is 0.683. The molecule has 0 unspecified atom stereocenters. The van der Waals surface area contributed by atoms with Gasteiger partial charge in [0, 0.05) is 22.6 Å². The first-order chi connectivity index (χ1) is 8.33. The first-order valence-corrected chi connectivity index (χ1v) is 7.22. The summed E-state index contributed by atoms with van der Waals surface area (Å²) in [7, 11) is 1.64. The molecular weight excluding hydrogens is 254 g/mol. The van der Waals surface area contributed by atoms with Gasteiger partial charge in [0.25, 0.3) is 0 Å². The van der Waals surface area contributed by atoms with Crippen LogP contribution in [-0.2, 0) is 5.75 Å². The Hall–Kier alpha value is -0.940. The number of thioether (sulfide) groups is 2. The van der Waals surface area contributed by atoms with Crippen LogP contribution in [0, 0.1) is 0 Å². The van der Waals surface area contributed by atoms with Gasteiger partial charge in [0.05, 0.1) is 13.7 Å². The topological polar surface area (TPSA) is 38.7 Å². The third-order valence-electron chi connectivity index (χ3n) is 2.35. The maximum absolute atomic E-state index is 10.7. The molecule has 1 heterocycles. The first-order valence-electron chi connectivity index (χ1n) is 5.25. The lowest BCUT2D eigenvalue weighted by molar-refractivity contribution is 0.112. The molecule has 0 amide bonds. The van der Waals surface area contributed by atoms with Crippen molar-refractivity contribution in [1.29, 1.82) is 0 Å². The predicted octanol–water partition coefficient (Wildman–Crippen LogP) is 2.84. The molecule has 0 N–H and O–H groups in total. The van der Waals surface area contributed by atoms with Crippen LogP contribution in [0.15, 0.2) is 23.2 Å². The molecule has 17 heavy (non-hydrogen) atoms. The fourth-order valence-corrected chi connectivity index (χ4v) is 3.51. The number of aldehydes is 1. The number of carbonyl (C=O) groups is 1. The molecular formula is C12H13NO2S2. The highest BCUT2D eigenvalue weighted by Crippen LogP contribution is 2.29. The molecule has 0 aromatic heterocycles. The lowest BCUT2D eigenvalue weighted by atomic mass is 10.1. The van der Waals surface area contributed by atoms with Gasteiger partial charge in [-0.15, -0.1) is 0 Å². The van der Waals surface area contributed by atoms with Gasteiger partial charge in [-0.25, -0.2) is 0 Å². The minimum atomic E-state index is 0.683. The summed E-state index contributed by atoms with van der Waals surface area (Å²) >= 11 is 3.49. The molecule has 1 aliphatic heterocycles. The second-order valence-corrected chi connectivity index (χ2v) is 5.78. The summed E-state index contributed by atoms with van der Waals surface area (Å²) in [5.41, 5.74) is 1.72. The van der Waals surface area contributed by atoms with E-state index in [1.165, 1.54) is 0 Å². The molecule has 0 atom stereocenters. The van der Waals surface area contributed by atoms with Crippen LogP contribution < -0.4 is 4.74 Å². The van der Waals surface area contributed by atoms with E-state index in [0.29, 0.717) is 5.56 Å². The van der Waals surface area contributed by atoms with E-state index < -0.39 is 0 Å². The highest BCUT2D eigenvalue weighted by Gasteiger charge is 2.10. The van der Waals surface area contributed by atoms with Gasteiger partial charge in [-0.05, 0) is 18.2 Å². The quantitative estimate of drug-likeness (QED) is 0.786. The SMILES string of the molecule is COc1ccc(C=O)cc1CSC1=NCCS1. The van der Waals surface area contributed by atoms with Crippen molar-refractivity contribution in [3.63, 3.8) is 0 Å². The van der Waals surface area contributed by atoms with Gasteiger partial charge in [0.2, 0.25) is 0 Å². The van der Waals surface area contributed by atoms with E-state index in [1.54, 1.807) is 36.7 Å². The van der Waals surface area contributed by atoms with Crippen molar-refractivity contribution in [3.8, 4) is 5.75 Å². The smallest absolute Gasteiger partial charge is 0.150 e. The van der Waals surface area contributed by atoms with Gasteiger partial charge in [-0.1, -0.05) is 23.5 Å². The van der Waals surface area contributed by atoms with E-state index in [0.717, 1.165) is 40.0 Å². The number of carbonyl (C=O) groups excluding carboxylic acids is 1. The molecule has 3 nitrogen and oxygen atoms in total. The Balaban J connectivity index is 2.09. The summed E-state index contributed by atoms with van der Waals surface area (Å²) in [5, 5.41) is 0. The second-order valence-electron chi connectivity index (χ2n) is 3.47. The molecule has 0 saturated heterocycles. The number of ether oxygens (including phenoxy) is 1. The molecule has 0 spiro atoms. The summed E-state index contributed by atoms with van der Waals surface area (Å²) in [6.45, 7) is 0.915. The summed E-state index contributed by atoms with van der Waals surface area (Å²) < 4.78 is 6.41. The van der Waals surface area contributed by atoms with Crippen LogP contribution in [0.2, 0.25) is 0 Å². The molecule has 1 aliphatic rings. The second kappa shape index (κ2) is 6.12. The number of methoxy groups -OCH3 is 1. The summed E-state index contributed by atoms with van der Waals surface area (Å²) in [4.78, 5) is 15.1. The maximum atomic E-state index is 10.7. The standard InChI is InChI=1S/C12H13NO2S2/c1-15-11-3-2-9(7-14)6-10(11)8-17-12-13-4-5-16-12/h2-3,6-7H,4-5,8H2,1H3. The third-order valence-corrected chi connectivity index (χ3v) is 4.65. The molecule has 0 fully saturated rings. The van der Waals surface area contributed by atoms with Crippen LogP contribution in [-0.4, -0.2) is 30.1 Å². The van der Waals surface area contributed by atoms with Gasteiger partial charge in [0.15, 0.2) is 0 Å². The molecule has 0 aliphatic carbocycles. The van der Waals surface area contributed by atoms with Crippen LogP contribution in [0.4, 0.5) is 0 Å². The van der Waals surface area contributed by atoms with Gasteiger partial charge in [0.1, 0.15) is 16.4 Å². The predicted molar refractivity (Wildman–Crippen MR) is 74.4 cm³/mol. The average Bonchev–Trinajstić information content (AvgIpc) is 2.89. The highest BCUT2D eigenvalue weighted by molar-refractivity contribution is 8.38. The number of rotatable bonds is 4. The van der Waals surface area contributed by atoms with Crippen LogP contribution in [0.25, 0.3) is 0 Å². The zero-order valence-electron chi connectivity index (χ0n) is 9.51. The Kier molecular flexibility index (Phi) is 4.50. The van der Waals surface area contributed by atoms with E-state index in [4.69, 9.17) is 4.74 Å². The Morgan fingerprint density at radius 2 is 2.47 bits per heavy atom. The number of aliphatic imine (C=N–C) groups is 1. The van der Waals surface area contributed by atoms with E-state index >= 15 is 0 Å². The van der Waals surface area contributed by atoms with Crippen LogP contribution in [0.5, 0.6) is 5.75 Å². The lowest BCUT2D eigenvalue weighted by Crippen LogP contribution is -1.93. The van der Waals surface area contributed by atoms with E-state index in [9.17, 15) is 4.79 Å². The largest absolute Gasteiger partial charge is 0.496 e. The fraction of sp³-hybridized carbons (Fsp3) is 0.333. The van der Waals surface area contributed by atoms with Crippen molar-refractivity contribution in [2.24, 2.45) is 4.99 Å². The lowest BCUT2D eigenvalue weighted by Gasteiger charge is -2.08. The Bertz CT molecular complexity index is 446. The summed E-state index contributed by atoms with van der Waals surface area (Å²) in [6.07, 6.45) is 0.857. The fourth-order valence-electron chi connectivity index (χ4n) is 1.53. The van der Waals surface area contributed by atoms with Crippen LogP contribution >= 0.6 is 23.5 Å². The minimum Gasteiger partial charge on any atom is -0.496 e. The number of hydrogen-bond donors (Lipinski definition) is 0. The Labute approximate surface area is 109 Å². The number of benzene rings is 1.